The standard InChI is InChI=1S/C37H24O/c1-2-11-24(12-3-1)36-30-18-8-6-16-28(30)32(29-17-7-9-19-31(29)36)22-27-15-10-20-34-37(27)33-21-25-13-4-5-14-26(25)23-35(33)38-34/h1-21,23H,22H2/i1D,2D,3D,4D,5D,11D,12D,13D,14D,21D,23D. The molecule has 0 unspecified atom stereocenters. The van der Waals surface area contributed by atoms with Gasteiger partial charge in [-0.2, -0.15) is 0 Å². The summed E-state index contributed by atoms with van der Waals surface area (Å²) in [7, 11) is 0. The minimum Gasteiger partial charge on any atom is -0.456 e. The molecule has 0 saturated carbocycles. The van der Waals surface area contributed by atoms with Crippen LogP contribution in [0.5, 0.6) is 0 Å². The van der Waals surface area contributed by atoms with Crippen molar-refractivity contribution in [3.05, 3.63) is 144 Å². The lowest BCUT2D eigenvalue weighted by Gasteiger charge is -2.17. The van der Waals surface area contributed by atoms with E-state index in [-0.39, 0.29) is 57.5 Å². The van der Waals surface area contributed by atoms with Crippen LogP contribution in [0.15, 0.2) is 138 Å². The van der Waals surface area contributed by atoms with Crippen LogP contribution in [0.25, 0.3) is 65.4 Å². The van der Waals surface area contributed by atoms with Crippen molar-refractivity contribution in [1.29, 1.82) is 0 Å². The first-order valence-corrected chi connectivity index (χ1v) is 12.3. The van der Waals surface area contributed by atoms with Crippen molar-refractivity contribution in [2.24, 2.45) is 0 Å². The van der Waals surface area contributed by atoms with E-state index in [1.807, 2.05) is 60.7 Å². The molecule has 38 heavy (non-hydrogen) atoms. The second-order valence-electron chi connectivity index (χ2n) is 9.22. The van der Waals surface area contributed by atoms with Crippen molar-refractivity contribution in [2.75, 3.05) is 0 Å². The molecule has 0 aliphatic carbocycles. The third-order valence-electron chi connectivity index (χ3n) is 7.14. The van der Waals surface area contributed by atoms with Crippen LogP contribution in [0.2, 0.25) is 0 Å². The molecule has 1 nitrogen and oxygen atoms in total. The van der Waals surface area contributed by atoms with Crippen molar-refractivity contribution in [3.63, 3.8) is 0 Å². The molecule has 0 amide bonds. The summed E-state index contributed by atoms with van der Waals surface area (Å²) in [5.74, 6) is 0. The maximum absolute atomic E-state index is 9.21. The van der Waals surface area contributed by atoms with Crippen LogP contribution in [0.1, 0.15) is 26.2 Å². The first-order chi connectivity index (χ1) is 23.4. The van der Waals surface area contributed by atoms with E-state index in [0.717, 1.165) is 21.9 Å². The first kappa shape index (κ1) is 13.1. The van der Waals surface area contributed by atoms with Crippen molar-refractivity contribution in [1.82, 2.24) is 0 Å². The topological polar surface area (TPSA) is 13.1 Å². The highest BCUT2D eigenvalue weighted by Gasteiger charge is 2.18. The van der Waals surface area contributed by atoms with Crippen molar-refractivity contribution in [2.45, 2.75) is 6.42 Å². The van der Waals surface area contributed by atoms with Crippen LogP contribution in [-0.4, -0.2) is 0 Å². The maximum Gasteiger partial charge on any atom is 0.136 e. The van der Waals surface area contributed by atoms with E-state index in [1.165, 1.54) is 0 Å². The van der Waals surface area contributed by atoms with E-state index in [9.17, 15) is 1.37 Å². The highest BCUT2D eigenvalue weighted by atomic mass is 16.3. The Hall–Kier alpha value is -4.88. The van der Waals surface area contributed by atoms with Crippen LogP contribution in [0.4, 0.5) is 0 Å². The summed E-state index contributed by atoms with van der Waals surface area (Å²) in [6.07, 6.45) is 0.325. The van der Waals surface area contributed by atoms with E-state index in [0.29, 0.717) is 33.7 Å². The number of hydrogen-bond donors (Lipinski definition) is 0. The molecule has 0 spiro atoms. The Morgan fingerprint density at radius 1 is 0.553 bits per heavy atom. The minimum atomic E-state index is -0.479. The Morgan fingerprint density at radius 2 is 1.18 bits per heavy atom. The number of benzene rings is 7. The number of rotatable bonds is 3. The molecule has 1 heterocycles. The van der Waals surface area contributed by atoms with Gasteiger partial charge >= 0.3 is 0 Å². The lowest BCUT2D eigenvalue weighted by Crippen LogP contribution is -1.96. The third kappa shape index (κ3) is 3.19. The molecule has 7 aromatic carbocycles. The molecule has 0 fully saturated rings. The summed E-state index contributed by atoms with van der Waals surface area (Å²) in [5.41, 5.74) is 2.78. The zero-order valence-electron chi connectivity index (χ0n) is 31.0. The van der Waals surface area contributed by atoms with E-state index in [2.05, 4.69) is 0 Å². The molecule has 8 rings (SSSR count). The highest BCUT2D eigenvalue weighted by molar-refractivity contribution is 6.16. The van der Waals surface area contributed by atoms with E-state index >= 15 is 0 Å². The Kier molecular flexibility index (Phi) is 2.87. The molecule has 1 aromatic heterocycles. The van der Waals surface area contributed by atoms with Crippen LogP contribution in [-0.2, 0) is 6.42 Å². The van der Waals surface area contributed by atoms with Crippen LogP contribution < -0.4 is 0 Å². The Bertz CT molecular complexity index is 2680. The molecule has 8 aromatic rings. The molecule has 1 heteroatoms. The summed E-state index contributed by atoms with van der Waals surface area (Å²) in [6, 6.07) is 16.6. The van der Waals surface area contributed by atoms with Gasteiger partial charge in [0.05, 0.1) is 15.1 Å². The van der Waals surface area contributed by atoms with Crippen molar-refractivity contribution >= 4 is 54.3 Å². The number of furan rings is 1. The van der Waals surface area contributed by atoms with Crippen molar-refractivity contribution < 1.29 is 19.5 Å². The quantitative estimate of drug-likeness (QED) is 0.222. The van der Waals surface area contributed by atoms with Gasteiger partial charge in [-0.3, -0.25) is 0 Å². The summed E-state index contributed by atoms with van der Waals surface area (Å²) in [6.45, 7) is 0. The van der Waals surface area contributed by atoms with E-state index in [4.69, 9.17) is 18.1 Å². The molecule has 0 radical (unpaired) electrons. The van der Waals surface area contributed by atoms with E-state index < -0.39 is 36.3 Å². The number of hydrogen-bond acceptors (Lipinski definition) is 1. The summed E-state index contributed by atoms with van der Waals surface area (Å²) >= 11 is 0. The molecular weight excluding hydrogens is 460 g/mol. The maximum atomic E-state index is 9.21. The largest absolute Gasteiger partial charge is 0.456 e. The lowest BCUT2D eigenvalue weighted by molar-refractivity contribution is 0.669. The molecule has 0 atom stereocenters. The predicted molar refractivity (Wildman–Crippen MR) is 161 cm³/mol. The fraction of sp³-hybridized carbons (Fsp3) is 0.0270. The van der Waals surface area contributed by atoms with Gasteiger partial charge in [0, 0.05) is 10.8 Å². The van der Waals surface area contributed by atoms with Gasteiger partial charge in [-0.1, -0.05) is 115 Å². The van der Waals surface area contributed by atoms with Gasteiger partial charge in [0.25, 0.3) is 0 Å². The minimum absolute atomic E-state index is 0.0418. The monoisotopic (exact) mass is 495 g/mol. The zero-order chi connectivity index (χ0) is 34.6. The van der Waals surface area contributed by atoms with Crippen molar-refractivity contribution in [3.8, 4) is 11.1 Å². The van der Waals surface area contributed by atoms with Crippen LogP contribution >= 0.6 is 0 Å². The summed E-state index contributed by atoms with van der Waals surface area (Å²) in [4.78, 5) is 0. The Labute approximate surface area is 236 Å². The van der Waals surface area contributed by atoms with Gasteiger partial charge in [0.1, 0.15) is 11.2 Å². The molecule has 178 valence electrons. The van der Waals surface area contributed by atoms with Gasteiger partial charge in [-0.05, 0) is 79.1 Å². The smallest absolute Gasteiger partial charge is 0.136 e. The summed E-state index contributed by atoms with van der Waals surface area (Å²) < 4.78 is 100. The van der Waals surface area contributed by atoms with E-state index in [1.54, 1.807) is 6.07 Å². The van der Waals surface area contributed by atoms with Gasteiger partial charge in [0.15, 0.2) is 0 Å². The molecule has 0 bridgehead atoms. The molecule has 0 N–H and O–H groups in total. The normalized spacial score (nSPS) is 15.8. The predicted octanol–water partition coefficient (Wildman–Crippen LogP) is 10.3. The average Bonchev–Trinajstić information content (AvgIpc) is 3.52. The second-order valence-corrected chi connectivity index (χ2v) is 9.22. The first-order valence-electron chi connectivity index (χ1n) is 17.8. The van der Waals surface area contributed by atoms with Crippen LogP contribution in [0, 0.1) is 0 Å². The van der Waals surface area contributed by atoms with Gasteiger partial charge in [-0.15, -0.1) is 0 Å². The Morgan fingerprint density at radius 3 is 1.89 bits per heavy atom. The van der Waals surface area contributed by atoms with Crippen LogP contribution in [0.3, 0.4) is 0 Å². The average molecular weight is 496 g/mol. The second kappa shape index (κ2) is 8.33. The van der Waals surface area contributed by atoms with Gasteiger partial charge in [-0.25, -0.2) is 0 Å². The fourth-order valence-corrected chi connectivity index (χ4v) is 5.56. The molecule has 0 saturated heterocycles. The van der Waals surface area contributed by atoms with Gasteiger partial charge in [0.2, 0.25) is 0 Å². The fourth-order valence-electron chi connectivity index (χ4n) is 5.56. The molecule has 0 aliphatic heterocycles. The third-order valence-corrected chi connectivity index (χ3v) is 7.14. The highest BCUT2D eigenvalue weighted by Crippen LogP contribution is 2.41. The molecule has 0 aliphatic rings. The molecular formula is C37H24O. The lowest BCUT2D eigenvalue weighted by atomic mass is 9.86. The zero-order valence-corrected chi connectivity index (χ0v) is 20.0. The Balaban J connectivity index is 1.46. The number of fused-ring (bicyclic) bond motifs is 6. The SMILES string of the molecule is [2H]c1c([2H])c([2H])c(-c2c3ccccc3c(Cc3cccc4oc5c([2H])c6c([2H])c([2H])c([2H])c([2H])c6c([2H])c5c34)c3ccccc23)c([2H])c1[2H]. The van der Waals surface area contributed by atoms with Gasteiger partial charge < -0.3 is 4.42 Å². The summed E-state index contributed by atoms with van der Waals surface area (Å²) in [5, 5.41) is 3.76.